The summed E-state index contributed by atoms with van der Waals surface area (Å²) in [6.45, 7) is 0.424. The highest BCUT2D eigenvalue weighted by Gasteiger charge is 2.16. The molecule has 2 aromatic carbocycles. The maximum absolute atomic E-state index is 12.9. The fraction of sp³-hybridized carbons (Fsp3) is 0.182. The van der Waals surface area contributed by atoms with E-state index in [1.807, 2.05) is 36.4 Å². The van der Waals surface area contributed by atoms with E-state index in [0.29, 0.717) is 12.1 Å². The van der Waals surface area contributed by atoms with E-state index in [1.54, 1.807) is 19.0 Å². The number of amides is 1. The average molecular weight is 388 g/mol. The highest BCUT2D eigenvalue weighted by Crippen LogP contribution is 2.17. The van der Waals surface area contributed by atoms with Crippen molar-refractivity contribution in [3.05, 3.63) is 86.7 Å². The lowest BCUT2D eigenvalue weighted by molar-refractivity contribution is 0.0785. The molecule has 0 aliphatic carbocycles. The lowest BCUT2D eigenvalue weighted by atomic mass is 10.1. The topological polar surface area (TPSA) is 77.2 Å². The number of fused-ring (bicyclic) bond motifs is 2. The van der Waals surface area contributed by atoms with Crippen LogP contribution in [0, 0.1) is 0 Å². The molecule has 0 aliphatic heterocycles. The van der Waals surface area contributed by atoms with Crippen molar-refractivity contribution < 1.29 is 4.79 Å². The molecule has 0 spiro atoms. The van der Waals surface area contributed by atoms with Crippen LogP contribution in [0.1, 0.15) is 15.9 Å². The maximum atomic E-state index is 12.9. The number of nitrogens with zero attached hydrogens (tertiary/aromatic N) is 4. The smallest absolute Gasteiger partial charge is 0.332 e. The standard InChI is InChI=1S/C22H20N4O3/c1-24(13-14-8-9-15-6-4-5-7-16(15)10-14)20(27)17-11-18-19(23-12-17)25(2)22(29)26(3)21(18)28/h4-12H,13H2,1-3H3. The van der Waals surface area contributed by atoms with Gasteiger partial charge in [-0.15, -0.1) is 0 Å². The second-order valence-corrected chi connectivity index (χ2v) is 7.14. The predicted molar refractivity (Wildman–Crippen MR) is 112 cm³/mol. The molecule has 2 heterocycles. The lowest BCUT2D eigenvalue weighted by Gasteiger charge is -2.18. The van der Waals surface area contributed by atoms with E-state index in [1.165, 1.54) is 23.9 Å². The molecule has 4 aromatic rings. The number of pyridine rings is 1. The van der Waals surface area contributed by atoms with E-state index in [2.05, 4.69) is 11.1 Å². The third-order valence-corrected chi connectivity index (χ3v) is 5.12. The van der Waals surface area contributed by atoms with Crippen molar-refractivity contribution in [3.8, 4) is 0 Å². The molecule has 0 bridgehead atoms. The summed E-state index contributed by atoms with van der Waals surface area (Å²) in [5.74, 6) is -0.247. The van der Waals surface area contributed by atoms with Crippen molar-refractivity contribution >= 4 is 27.7 Å². The summed E-state index contributed by atoms with van der Waals surface area (Å²) in [4.78, 5) is 43.2. The van der Waals surface area contributed by atoms with Crippen LogP contribution in [0.4, 0.5) is 0 Å². The van der Waals surface area contributed by atoms with Crippen molar-refractivity contribution in [3.63, 3.8) is 0 Å². The van der Waals surface area contributed by atoms with Gasteiger partial charge in [0.1, 0.15) is 5.65 Å². The molecule has 0 atom stereocenters. The Balaban J connectivity index is 1.67. The van der Waals surface area contributed by atoms with Gasteiger partial charge in [-0.2, -0.15) is 0 Å². The normalized spacial score (nSPS) is 11.1. The minimum atomic E-state index is -0.470. The van der Waals surface area contributed by atoms with Crippen LogP contribution >= 0.6 is 0 Å². The number of carbonyl (C=O) groups is 1. The summed E-state index contributed by atoms with van der Waals surface area (Å²) in [5, 5.41) is 2.49. The molecule has 0 unspecified atom stereocenters. The van der Waals surface area contributed by atoms with Gasteiger partial charge in [0.05, 0.1) is 10.9 Å². The lowest BCUT2D eigenvalue weighted by Crippen LogP contribution is -2.37. The molecule has 7 nitrogen and oxygen atoms in total. The Morgan fingerprint density at radius 3 is 2.48 bits per heavy atom. The van der Waals surface area contributed by atoms with Crippen molar-refractivity contribution in [2.45, 2.75) is 6.54 Å². The van der Waals surface area contributed by atoms with Crippen LogP contribution in [-0.2, 0) is 20.6 Å². The third-order valence-electron chi connectivity index (χ3n) is 5.12. The Morgan fingerprint density at radius 2 is 1.72 bits per heavy atom. The minimum Gasteiger partial charge on any atom is -0.337 e. The molecule has 0 aliphatic rings. The van der Waals surface area contributed by atoms with Gasteiger partial charge >= 0.3 is 5.69 Å². The molecule has 29 heavy (non-hydrogen) atoms. The predicted octanol–water partition coefficient (Wildman–Crippen LogP) is 2.06. The van der Waals surface area contributed by atoms with Gasteiger partial charge in [-0.25, -0.2) is 9.78 Å². The molecule has 0 saturated heterocycles. The molecule has 146 valence electrons. The summed E-state index contributed by atoms with van der Waals surface area (Å²) in [6.07, 6.45) is 1.40. The number of benzene rings is 2. The van der Waals surface area contributed by atoms with E-state index in [4.69, 9.17) is 0 Å². The first kappa shape index (κ1) is 18.6. The molecular formula is C22H20N4O3. The number of aromatic nitrogens is 3. The van der Waals surface area contributed by atoms with Crippen molar-refractivity contribution in [2.24, 2.45) is 14.1 Å². The van der Waals surface area contributed by atoms with E-state index in [9.17, 15) is 14.4 Å². The molecule has 1 amide bonds. The summed E-state index contributed by atoms with van der Waals surface area (Å²) in [7, 11) is 4.66. The largest absolute Gasteiger partial charge is 0.337 e. The number of hydrogen-bond donors (Lipinski definition) is 0. The van der Waals surface area contributed by atoms with E-state index in [0.717, 1.165) is 20.9 Å². The quantitative estimate of drug-likeness (QED) is 0.538. The molecule has 0 radical (unpaired) electrons. The summed E-state index contributed by atoms with van der Waals surface area (Å²) in [6, 6.07) is 15.6. The Morgan fingerprint density at radius 1 is 1.00 bits per heavy atom. The zero-order valence-corrected chi connectivity index (χ0v) is 16.4. The van der Waals surface area contributed by atoms with Crippen LogP contribution in [-0.4, -0.2) is 32.0 Å². The van der Waals surface area contributed by atoms with Gasteiger partial charge in [0, 0.05) is 33.9 Å². The van der Waals surface area contributed by atoms with Gasteiger partial charge < -0.3 is 4.90 Å². The van der Waals surface area contributed by atoms with E-state index < -0.39 is 11.2 Å². The van der Waals surface area contributed by atoms with Gasteiger partial charge in [-0.05, 0) is 28.5 Å². The molecule has 4 rings (SSSR count). The number of carbonyl (C=O) groups excluding carboxylic acids is 1. The van der Waals surface area contributed by atoms with Crippen molar-refractivity contribution in [1.82, 2.24) is 19.0 Å². The summed E-state index contributed by atoms with van der Waals surface area (Å²) in [5.41, 5.74) is 0.639. The number of rotatable bonds is 3. The SMILES string of the molecule is CN(Cc1ccc2ccccc2c1)C(=O)c1cnc2c(c1)c(=O)n(C)c(=O)n2C. The van der Waals surface area contributed by atoms with Gasteiger partial charge in [-0.3, -0.25) is 18.7 Å². The molecule has 7 heteroatoms. The van der Waals surface area contributed by atoms with Crippen molar-refractivity contribution in [2.75, 3.05) is 7.05 Å². The minimum absolute atomic E-state index is 0.236. The highest BCUT2D eigenvalue weighted by molar-refractivity contribution is 5.96. The second kappa shape index (κ2) is 7.01. The highest BCUT2D eigenvalue weighted by atomic mass is 16.2. The fourth-order valence-corrected chi connectivity index (χ4v) is 3.49. The van der Waals surface area contributed by atoms with Gasteiger partial charge in [0.15, 0.2) is 0 Å². The van der Waals surface area contributed by atoms with Crippen LogP contribution in [0.25, 0.3) is 21.8 Å². The van der Waals surface area contributed by atoms with E-state index in [-0.39, 0.29) is 16.9 Å². The van der Waals surface area contributed by atoms with Crippen molar-refractivity contribution in [1.29, 1.82) is 0 Å². The molecule has 0 saturated carbocycles. The number of hydrogen-bond acceptors (Lipinski definition) is 4. The second-order valence-electron chi connectivity index (χ2n) is 7.14. The van der Waals surface area contributed by atoms with Crippen LogP contribution in [0.15, 0.2) is 64.3 Å². The fourth-order valence-electron chi connectivity index (χ4n) is 3.49. The Kier molecular flexibility index (Phi) is 4.50. The zero-order chi connectivity index (χ0) is 20.7. The molecule has 2 aromatic heterocycles. The van der Waals surface area contributed by atoms with Gasteiger partial charge in [-0.1, -0.05) is 36.4 Å². The van der Waals surface area contributed by atoms with Crippen LogP contribution in [0.5, 0.6) is 0 Å². The first-order chi connectivity index (χ1) is 13.9. The summed E-state index contributed by atoms with van der Waals surface area (Å²) >= 11 is 0. The zero-order valence-electron chi connectivity index (χ0n) is 16.4. The monoisotopic (exact) mass is 388 g/mol. The Bertz CT molecular complexity index is 1380. The van der Waals surface area contributed by atoms with E-state index >= 15 is 0 Å². The first-order valence-corrected chi connectivity index (χ1v) is 9.16. The van der Waals surface area contributed by atoms with Crippen LogP contribution in [0.3, 0.4) is 0 Å². The number of aryl methyl sites for hydroxylation is 1. The molecule has 0 N–H and O–H groups in total. The van der Waals surface area contributed by atoms with Crippen LogP contribution < -0.4 is 11.2 Å². The first-order valence-electron chi connectivity index (χ1n) is 9.16. The Hall–Kier alpha value is -3.74. The average Bonchev–Trinajstić information content (AvgIpc) is 2.75. The maximum Gasteiger partial charge on any atom is 0.332 e. The third kappa shape index (κ3) is 3.20. The summed E-state index contributed by atoms with van der Waals surface area (Å²) < 4.78 is 2.31. The Labute approximate surface area is 166 Å². The van der Waals surface area contributed by atoms with Gasteiger partial charge in [0.2, 0.25) is 0 Å². The van der Waals surface area contributed by atoms with Gasteiger partial charge in [0.25, 0.3) is 11.5 Å². The molecule has 0 fully saturated rings. The van der Waals surface area contributed by atoms with Crippen LogP contribution in [0.2, 0.25) is 0 Å². The molecular weight excluding hydrogens is 368 g/mol.